The number of esters is 1. The Kier molecular flexibility index (Phi) is 6.75. The van der Waals surface area contributed by atoms with Gasteiger partial charge in [-0.3, -0.25) is 4.90 Å². The van der Waals surface area contributed by atoms with E-state index in [-0.39, 0.29) is 11.9 Å². The predicted molar refractivity (Wildman–Crippen MR) is 116 cm³/mol. The molecule has 1 heterocycles. The molecular formula is C25H31NO3. The highest BCUT2D eigenvalue weighted by atomic mass is 16.6. The van der Waals surface area contributed by atoms with Crippen LogP contribution >= 0.6 is 0 Å². The summed E-state index contributed by atoms with van der Waals surface area (Å²) in [6.45, 7) is 8.39. The predicted octanol–water partition coefficient (Wildman–Crippen LogP) is 4.81. The van der Waals surface area contributed by atoms with Gasteiger partial charge in [0.25, 0.3) is 0 Å². The van der Waals surface area contributed by atoms with Crippen molar-refractivity contribution in [3.05, 3.63) is 77.9 Å². The van der Waals surface area contributed by atoms with E-state index >= 15 is 0 Å². The second-order valence-electron chi connectivity index (χ2n) is 8.62. The highest BCUT2D eigenvalue weighted by molar-refractivity contribution is 5.82. The van der Waals surface area contributed by atoms with Crippen LogP contribution in [-0.4, -0.2) is 36.7 Å². The Morgan fingerprint density at radius 2 is 1.86 bits per heavy atom. The fourth-order valence-corrected chi connectivity index (χ4v) is 3.84. The second-order valence-corrected chi connectivity index (χ2v) is 8.62. The molecule has 0 aliphatic carbocycles. The van der Waals surface area contributed by atoms with E-state index in [1.54, 1.807) is 13.2 Å². The minimum atomic E-state index is -0.483. The highest BCUT2D eigenvalue weighted by Crippen LogP contribution is 2.35. The molecule has 2 atom stereocenters. The first-order valence-electron chi connectivity index (χ1n) is 10.2. The molecule has 0 aromatic heterocycles. The minimum Gasteiger partial charge on any atom is -0.497 e. The molecule has 0 amide bonds. The molecule has 1 fully saturated rings. The second kappa shape index (κ2) is 9.27. The molecule has 0 bridgehead atoms. The van der Waals surface area contributed by atoms with Crippen LogP contribution in [-0.2, 0) is 16.1 Å². The topological polar surface area (TPSA) is 38.8 Å². The molecule has 154 valence electrons. The first-order chi connectivity index (χ1) is 13.8. The van der Waals surface area contributed by atoms with Gasteiger partial charge in [-0.05, 0) is 49.9 Å². The van der Waals surface area contributed by atoms with Gasteiger partial charge < -0.3 is 9.47 Å². The molecule has 1 aliphatic rings. The summed E-state index contributed by atoms with van der Waals surface area (Å²) in [5.74, 6) is 1.10. The van der Waals surface area contributed by atoms with Crippen LogP contribution in [0.2, 0.25) is 0 Å². The van der Waals surface area contributed by atoms with Gasteiger partial charge in [-0.1, -0.05) is 48.5 Å². The Balaban J connectivity index is 1.78. The van der Waals surface area contributed by atoms with Crippen molar-refractivity contribution < 1.29 is 14.3 Å². The molecule has 0 unspecified atom stereocenters. The number of nitrogens with zero attached hydrogens (tertiary/aromatic N) is 1. The van der Waals surface area contributed by atoms with Gasteiger partial charge in [0, 0.05) is 31.6 Å². The van der Waals surface area contributed by atoms with Gasteiger partial charge >= 0.3 is 5.97 Å². The van der Waals surface area contributed by atoms with Crippen molar-refractivity contribution in [1.82, 2.24) is 4.90 Å². The summed E-state index contributed by atoms with van der Waals surface area (Å²) in [6, 6.07) is 18.7. The summed E-state index contributed by atoms with van der Waals surface area (Å²) in [7, 11) is 1.69. The lowest BCUT2D eigenvalue weighted by atomic mass is 9.88. The van der Waals surface area contributed by atoms with Crippen molar-refractivity contribution in [3.8, 4) is 5.75 Å². The number of carbonyl (C=O) groups excluding carboxylic acids is 1. The van der Waals surface area contributed by atoms with E-state index < -0.39 is 5.60 Å². The Labute approximate surface area is 174 Å². The number of hydrogen-bond acceptors (Lipinski definition) is 4. The summed E-state index contributed by atoms with van der Waals surface area (Å²) in [5, 5.41) is 0. The van der Waals surface area contributed by atoms with E-state index in [4.69, 9.17) is 9.47 Å². The summed E-state index contributed by atoms with van der Waals surface area (Å²) < 4.78 is 10.9. The number of benzene rings is 2. The average Bonchev–Trinajstić information content (AvgIpc) is 3.08. The quantitative estimate of drug-likeness (QED) is 0.522. The minimum absolute atomic E-state index is 0.235. The van der Waals surface area contributed by atoms with Crippen LogP contribution in [0.15, 0.2) is 66.7 Å². The molecule has 3 rings (SSSR count). The van der Waals surface area contributed by atoms with E-state index in [1.165, 1.54) is 11.1 Å². The number of likely N-dealkylation sites (tertiary alicyclic amines) is 1. The van der Waals surface area contributed by atoms with Crippen molar-refractivity contribution in [3.63, 3.8) is 0 Å². The van der Waals surface area contributed by atoms with Gasteiger partial charge in [0.1, 0.15) is 11.4 Å². The van der Waals surface area contributed by atoms with Crippen LogP contribution in [0, 0.1) is 5.92 Å². The van der Waals surface area contributed by atoms with Crippen molar-refractivity contribution in [1.29, 1.82) is 0 Å². The van der Waals surface area contributed by atoms with Gasteiger partial charge in [0.15, 0.2) is 0 Å². The van der Waals surface area contributed by atoms with Gasteiger partial charge in [-0.15, -0.1) is 0 Å². The Morgan fingerprint density at radius 1 is 1.10 bits per heavy atom. The maximum Gasteiger partial charge on any atom is 0.330 e. The number of carbonyl (C=O) groups is 1. The van der Waals surface area contributed by atoms with Crippen LogP contribution < -0.4 is 4.74 Å². The van der Waals surface area contributed by atoms with Gasteiger partial charge in [0.05, 0.1) is 7.11 Å². The Hall–Kier alpha value is -2.59. The van der Waals surface area contributed by atoms with Crippen molar-refractivity contribution in [2.75, 3.05) is 20.2 Å². The van der Waals surface area contributed by atoms with Crippen LogP contribution in [0.25, 0.3) is 0 Å². The summed E-state index contributed by atoms with van der Waals surface area (Å²) in [6.07, 6.45) is 3.61. The molecule has 0 radical (unpaired) electrons. The molecule has 1 aliphatic heterocycles. The zero-order chi connectivity index (χ0) is 20.9. The van der Waals surface area contributed by atoms with Gasteiger partial charge in [-0.25, -0.2) is 4.79 Å². The van der Waals surface area contributed by atoms with Crippen molar-refractivity contribution in [2.24, 2.45) is 5.92 Å². The SMILES string of the molecule is COc1cccc([C@H]2CN(Cc3ccccc3)C[C@@H]2/C=C/C(=O)OC(C)(C)C)c1. The molecule has 4 nitrogen and oxygen atoms in total. The lowest BCUT2D eigenvalue weighted by Gasteiger charge is -2.19. The molecule has 2 aromatic carbocycles. The zero-order valence-corrected chi connectivity index (χ0v) is 17.8. The van der Waals surface area contributed by atoms with Gasteiger partial charge in [-0.2, -0.15) is 0 Å². The fourth-order valence-electron chi connectivity index (χ4n) is 3.84. The van der Waals surface area contributed by atoms with E-state index in [2.05, 4.69) is 41.3 Å². The first-order valence-corrected chi connectivity index (χ1v) is 10.2. The smallest absolute Gasteiger partial charge is 0.330 e. The number of hydrogen-bond donors (Lipinski definition) is 0. The fraction of sp³-hybridized carbons (Fsp3) is 0.400. The average molecular weight is 394 g/mol. The number of methoxy groups -OCH3 is 1. The van der Waals surface area contributed by atoms with Gasteiger partial charge in [0.2, 0.25) is 0 Å². The third-order valence-electron chi connectivity index (χ3n) is 5.10. The van der Waals surface area contributed by atoms with E-state index in [0.29, 0.717) is 5.92 Å². The van der Waals surface area contributed by atoms with Crippen molar-refractivity contribution in [2.45, 2.75) is 38.8 Å². The Bertz CT molecular complexity index is 839. The maximum atomic E-state index is 12.2. The lowest BCUT2D eigenvalue weighted by Crippen LogP contribution is -2.23. The van der Waals surface area contributed by atoms with E-state index in [1.807, 2.05) is 45.0 Å². The monoisotopic (exact) mass is 393 g/mol. The molecule has 0 spiro atoms. The third-order valence-corrected chi connectivity index (χ3v) is 5.10. The zero-order valence-electron chi connectivity index (χ0n) is 17.8. The number of ether oxygens (including phenoxy) is 2. The summed E-state index contributed by atoms with van der Waals surface area (Å²) in [5.41, 5.74) is 2.05. The standard InChI is InChI=1S/C25H31NO3/c1-25(2,3)29-24(27)14-13-21-17-26(16-19-9-6-5-7-10-19)18-23(21)20-11-8-12-22(15-20)28-4/h5-15,21,23H,16-18H2,1-4H3/b14-13+/t21-,23+/m0/s1. The van der Waals surface area contributed by atoms with E-state index in [9.17, 15) is 4.79 Å². The van der Waals surface area contributed by atoms with Crippen LogP contribution in [0.3, 0.4) is 0 Å². The lowest BCUT2D eigenvalue weighted by molar-refractivity contribution is -0.148. The number of rotatable bonds is 6. The normalized spacial score (nSPS) is 20.1. The molecule has 0 saturated carbocycles. The maximum absolute atomic E-state index is 12.2. The first kappa shape index (κ1) is 21.1. The molecule has 2 aromatic rings. The van der Waals surface area contributed by atoms with Crippen molar-refractivity contribution >= 4 is 5.97 Å². The molecule has 1 saturated heterocycles. The van der Waals surface area contributed by atoms with Crippen LogP contribution in [0.1, 0.15) is 37.8 Å². The summed E-state index contributed by atoms with van der Waals surface area (Å²) >= 11 is 0. The molecular weight excluding hydrogens is 362 g/mol. The highest BCUT2D eigenvalue weighted by Gasteiger charge is 2.32. The molecule has 29 heavy (non-hydrogen) atoms. The largest absolute Gasteiger partial charge is 0.497 e. The Morgan fingerprint density at radius 3 is 2.55 bits per heavy atom. The summed E-state index contributed by atoms with van der Waals surface area (Å²) in [4.78, 5) is 14.6. The van der Waals surface area contributed by atoms with E-state index in [0.717, 1.165) is 25.4 Å². The van der Waals surface area contributed by atoms with Crippen LogP contribution in [0.5, 0.6) is 5.75 Å². The molecule has 4 heteroatoms. The van der Waals surface area contributed by atoms with Crippen LogP contribution in [0.4, 0.5) is 0 Å². The third kappa shape index (κ3) is 6.20. The molecule has 0 N–H and O–H groups in total.